The Balaban J connectivity index is 2.28. The third-order valence-electron chi connectivity index (χ3n) is 2.13. The van der Waals surface area contributed by atoms with Crippen molar-refractivity contribution in [1.29, 1.82) is 0 Å². The van der Waals surface area contributed by atoms with Crippen LogP contribution in [0.5, 0.6) is 11.6 Å². The highest BCUT2D eigenvalue weighted by Gasteiger charge is 2.07. The average molecular weight is 312 g/mol. The second-order valence-corrected chi connectivity index (χ2v) is 4.62. The molecule has 18 heavy (non-hydrogen) atoms. The van der Waals surface area contributed by atoms with Crippen molar-refractivity contribution >= 4 is 21.9 Å². The van der Waals surface area contributed by atoms with Crippen molar-refractivity contribution in [2.45, 2.75) is 0 Å². The number of ether oxygens (including phenoxy) is 1. The molecular formula is C12H11BrFN3O. The lowest BCUT2D eigenvalue weighted by Gasteiger charge is -2.11. The molecule has 4 nitrogen and oxygen atoms in total. The molecule has 0 saturated heterocycles. The lowest BCUT2D eigenvalue weighted by Crippen LogP contribution is -2.12. The molecule has 2 aromatic rings. The monoisotopic (exact) mass is 311 g/mol. The zero-order valence-corrected chi connectivity index (χ0v) is 11.5. The van der Waals surface area contributed by atoms with Gasteiger partial charge >= 0.3 is 0 Å². The number of benzene rings is 1. The molecule has 0 amide bonds. The van der Waals surface area contributed by atoms with Gasteiger partial charge in [-0.15, -0.1) is 0 Å². The summed E-state index contributed by atoms with van der Waals surface area (Å²) in [7, 11) is 3.66. The molecule has 0 aliphatic rings. The summed E-state index contributed by atoms with van der Waals surface area (Å²) in [5, 5.41) is 0. The second-order valence-electron chi connectivity index (χ2n) is 3.77. The number of halogens is 2. The van der Waals surface area contributed by atoms with Crippen LogP contribution in [0.15, 0.2) is 34.9 Å². The summed E-state index contributed by atoms with van der Waals surface area (Å²) in [6.07, 6.45) is 1.59. The summed E-state index contributed by atoms with van der Waals surface area (Å²) in [6, 6.07) is 5.84. The molecule has 0 aliphatic heterocycles. The van der Waals surface area contributed by atoms with Crippen LogP contribution in [-0.2, 0) is 0 Å². The number of anilines is 1. The first-order valence-corrected chi connectivity index (χ1v) is 5.99. The van der Waals surface area contributed by atoms with E-state index in [0.717, 1.165) is 0 Å². The summed E-state index contributed by atoms with van der Waals surface area (Å²) in [5.74, 6) is 0.897. The molecule has 0 bridgehead atoms. The maximum absolute atomic E-state index is 13.1. The maximum atomic E-state index is 13.1. The third-order valence-corrected chi connectivity index (χ3v) is 2.78. The van der Waals surface area contributed by atoms with Crippen LogP contribution in [0.3, 0.4) is 0 Å². The minimum Gasteiger partial charge on any atom is -0.438 e. The van der Waals surface area contributed by atoms with Gasteiger partial charge in [-0.25, -0.2) is 9.37 Å². The summed E-state index contributed by atoms with van der Waals surface area (Å²) in [4.78, 5) is 10.0. The predicted octanol–water partition coefficient (Wildman–Crippen LogP) is 3.24. The van der Waals surface area contributed by atoms with E-state index in [1.54, 1.807) is 23.2 Å². The van der Waals surface area contributed by atoms with Crippen LogP contribution in [-0.4, -0.2) is 24.1 Å². The minimum absolute atomic E-state index is 0.361. The molecule has 0 fully saturated rings. The number of nitrogens with zero attached hydrogens (tertiary/aromatic N) is 3. The zero-order chi connectivity index (χ0) is 13.1. The van der Waals surface area contributed by atoms with E-state index in [0.29, 0.717) is 22.1 Å². The Kier molecular flexibility index (Phi) is 3.76. The highest BCUT2D eigenvalue weighted by molar-refractivity contribution is 9.10. The third kappa shape index (κ3) is 2.95. The van der Waals surface area contributed by atoms with Crippen molar-refractivity contribution in [1.82, 2.24) is 9.97 Å². The van der Waals surface area contributed by atoms with E-state index < -0.39 is 0 Å². The van der Waals surface area contributed by atoms with Crippen LogP contribution >= 0.6 is 15.9 Å². The fraction of sp³-hybridized carbons (Fsp3) is 0.167. The quantitative estimate of drug-likeness (QED) is 0.872. The standard InChI is InChI=1S/C12H11BrFN3O/c1-17(2)12-15-6-5-11(16-12)18-10-7-8(14)3-4-9(10)13/h3-7H,1-2H3. The molecule has 2 rings (SSSR count). The summed E-state index contributed by atoms with van der Waals surface area (Å²) < 4.78 is 19.3. The highest BCUT2D eigenvalue weighted by Crippen LogP contribution is 2.29. The molecule has 0 saturated carbocycles. The number of hydrogen-bond donors (Lipinski definition) is 0. The Hall–Kier alpha value is -1.69. The zero-order valence-electron chi connectivity index (χ0n) is 9.89. The smallest absolute Gasteiger partial charge is 0.228 e. The molecule has 6 heteroatoms. The van der Waals surface area contributed by atoms with E-state index in [4.69, 9.17) is 4.74 Å². The summed E-state index contributed by atoms with van der Waals surface area (Å²) in [5.41, 5.74) is 0. The van der Waals surface area contributed by atoms with E-state index in [-0.39, 0.29) is 5.82 Å². The first-order chi connectivity index (χ1) is 8.56. The van der Waals surface area contributed by atoms with Crippen LogP contribution in [0.4, 0.5) is 10.3 Å². The van der Waals surface area contributed by atoms with Gasteiger partial charge in [-0.2, -0.15) is 4.98 Å². The SMILES string of the molecule is CN(C)c1nccc(Oc2cc(F)ccc2Br)n1. The molecule has 0 atom stereocenters. The van der Waals surface area contributed by atoms with Crippen molar-refractivity contribution in [2.24, 2.45) is 0 Å². The minimum atomic E-state index is -0.366. The number of rotatable bonds is 3. The van der Waals surface area contributed by atoms with Crippen molar-refractivity contribution in [3.8, 4) is 11.6 Å². The molecule has 0 unspecified atom stereocenters. The van der Waals surface area contributed by atoms with Gasteiger partial charge in [-0.3, -0.25) is 0 Å². The first kappa shape index (κ1) is 12.8. The molecule has 0 spiro atoms. The van der Waals surface area contributed by atoms with E-state index in [1.807, 2.05) is 14.1 Å². The van der Waals surface area contributed by atoms with Gasteiger partial charge in [0.2, 0.25) is 11.8 Å². The van der Waals surface area contributed by atoms with Gasteiger partial charge in [-0.05, 0) is 28.1 Å². The van der Waals surface area contributed by atoms with Crippen molar-refractivity contribution < 1.29 is 9.13 Å². The fourth-order valence-corrected chi connectivity index (χ4v) is 1.60. The van der Waals surface area contributed by atoms with Crippen LogP contribution in [0.25, 0.3) is 0 Å². The van der Waals surface area contributed by atoms with Crippen molar-refractivity contribution in [3.05, 3.63) is 40.8 Å². The van der Waals surface area contributed by atoms with Gasteiger partial charge in [0.25, 0.3) is 0 Å². The molecule has 0 radical (unpaired) electrons. The van der Waals surface area contributed by atoms with Gasteiger partial charge in [0.05, 0.1) is 4.47 Å². The van der Waals surface area contributed by atoms with Crippen LogP contribution in [0.2, 0.25) is 0 Å². The number of hydrogen-bond acceptors (Lipinski definition) is 4. The van der Waals surface area contributed by atoms with Gasteiger partial charge in [-0.1, -0.05) is 0 Å². The molecule has 0 aliphatic carbocycles. The Bertz CT molecular complexity index is 563. The average Bonchev–Trinajstić information content (AvgIpc) is 2.34. The van der Waals surface area contributed by atoms with Crippen LogP contribution < -0.4 is 9.64 Å². The van der Waals surface area contributed by atoms with E-state index >= 15 is 0 Å². The molecular weight excluding hydrogens is 301 g/mol. The summed E-state index contributed by atoms with van der Waals surface area (Å²) in [6.45, 7) is 0. The molecule has 1 aromatic carbocycles. The number of aromatic nitrogens is 2. The predicted molar refractivity (Wildman–Crippen MR) is 70.5 cm³/mol. The Labute approximate surface area is 113 Å². The van der Waals surface area contributed by atoms with Crippen molar-refractivity contribution in [3.63, 3.8) is 0 Å². The first-order valence-electron chi connectivity index (χ1n) is 5.19. The normalized spacial score (nSPS) is 10.2. The Morgan fingerprint density at radius 1 is 1.28 bits per heavy atom. The van der Waals surface area contributed by atoms with E-state index in [2.05, 4.69) is 25.9 Å². The lowest BCUT2D eigenvalue weighted by atomic mass is 10.3. The van der Waals surface area contributed by atoms with E-state index in [1.165, 1.54) is 12.1 Å². The second kappa shape index (κ2) is 5.30. The molecule has 1 aromatic heterocycles. The molecule has 94 valence electrons. The van der Waals surface area contributed by atoms with Gasteiger partial charge in [0.1, 0.15) is 11.6 Å². The Morgan fingerprint density at radius 3 is 2.78 bits per heavy atom. The molecule has 1 heterocycles. The lowest BCUT2D eigenvalue weighted by molar-refractivity contribution is 0.454. The highest BCUT2D eigenvalue weighted by atomic mass is 79.9. The molecule has 0 N–H and O–H groups in total. The van der Waals surface area contributed by atoms with Gasteiger partial charge < -0.3 is 9.64 Å². The van der Waals surface area contributed by atoms with Crippen LogP contribution in [0, 0.1) is 5.82 Å². The fourth-order valence-electron chi connectivity index (χ4n) is 1.27. The van der Waals surface area contributed by atoms with Gasteiger partial charge in [0, 0.05) is 32.4 Å². The largest absolute Gasteiger partial charge is 0.438 e. The maximum Gasteiger partial charge on any atom is 0.228 e. The Morgan fingerprint density at radius 2 is 2.06 bits per heavy atom. The van der Waals surface area contributed by atoms with E-state index in [9.17, 15) is 4.39 Å². The van der Waals surface area contributed by atoms with Crippen LogP contribution in [0.1, 0.15) is 0 Å². The van der Waals surface area contributed by atoms with Crippen molar-refractivity contribution in [2.75, 3.05) is 19.0 Å². The summed E-state index contributed by atoms with van der Waals surface area (Å²) >= 11 is 3.29. The topological polar surface area (TPSA) is 38.2 Å². The van der Waals surface area contributed by atoms with Gasteiger partial charge in [0.15, 0.2) is 0 Å².